The molecule has 0 fully saturated rings. The predicted octanol–water partition coefficient (Wildman–Crippen LogP) is 4.00. The van der Waals surface area contributed by atoms with Gasteiger partial charge in [-0.25, -0.2) is 4.98 Å². The van der Waals surface area contributed by atoms with Crippen molar-refractivity contribution >= 4 is 11.6 Å². The van der Waals surface area contributed by atoms with Crippen LogP contribution in [0, 0.1) is 0 Å². The van der Waals surface area contributed by atoms with Crippen LogP contribution in [0.4, 0.5) is 0 Å². The molecule has 0 aliphatic carbocycles. The smallest absolute Gasteiger partial charge is 0.106 e. The zero-order valence-electron chi connectivity index (χ0n) is 10.0. The molecule has 0 atom stereocenters. The van der Waals surface area contributed by atoms with Crippen LogP contribution in [0.3, 0.4) is 0 Å². The quantitative estimate of drug-likeness (QED) is 0.851. The van der Waals surface area contributed by atoms with E-state index in [1.807, 2.05) is 30.5 Å². The number of nitrogens with one attached hydrogen (secondary N) is 1. The fourth-order valence-electron chi connectivity index (χ4n) is 1.80. The minimum absolute atomic E-state index is 0.794. The summed E-state index contributed by atoms with van der Waals surface area (Å²) in [6, 6.07) is 7.92. The van der Waals surface area contributed by atoms with Gasteiger partial charge in [-0.15, -0.1) is 0 Å². The molecule has 0 bridgehead atoms. The summed E-state index contributed by atoms with van der Waals surface area (Å²) in [4.78, 5) is 7.80. The molecule has 90 valence electrons. The van der Waals surface area contributed by atoms with Crippen LogP contribution >= 0.6 is 11.6 Å². The monoisotopic (exact) mass is 248 g/mol. The number of nitrogens with zero attached hydrogens (tertiary/aromatic N) is 1. The van der Waals surface area contributed by atoms with Gasteiger partial charge in [-0.3, -0.25) is 0 Å². The van der Waals surface area contributed by atoms with Crippen LogP contribution in [0.5, 0.6) is 0 Å². The van der Waals surface area contributed by atoms with E-state index in [-0.39, 0.29) is 0 Å². The lowest BCUT2D eigenvalue weighted by Gasteiger charge is -2.00. The Labute approximate surface area is 107 Å². The lowest BCUT2D eigenvalue weighted by Crippen LogP contribution is -1.91. The predicted molar refractivity (Wildman–Crippen MR) is 71.5 cm³/mol. The highest BCUT2D eigenvalue weighted by atomic mass is 35.5. The number of hydrogen-bond acceptors (Lipinski definition) is 1. The maximum absolute atomic E-state index is 6.13. The van der Waals surface area contributed by atoms with E-state index in [0.29, 0.717) is 0 Å². The Bertz CT molecular complexity index is 477. The van der Waals surface area contributed by atoms with E-state index in [9.17, 15) is 0 Å². The molecule has 1 aromatic heterocycles. The van der Waals surface area contributed by atoms with Crippen molar-refractivity contribution in [2.45, 2.75) is 32.6 Å². The van der Waals surface area contributed by atoms with Gasteiger partial charge in [0.15, 0.2) is 0 Å². The molecule has 0 aliphatic rings. The molecular weight excluding hydrogens is 232 g/mol. The van der Waals surface area contributed by atoms with Crippen molar-refractivity contribution in [1.29, 1.82) is 0 Å². The van der Waals surface area contributed by atoms with Crippen LogP contribution < -0.4 is 0 Å². The van der Waals surface area contributed by atoms with Gasteiger partial charge in [0.2, 0.25) is 0 Å². The largest absolute Gasteiger partial charge is 0.348 e. The SMILES string of the molecule is CCCCc1nc(Cc2ccccc2Cl)c[nH]1. The number of aromatic nitrogens is 2. The maximum Gasteiger partial charge on any atom is 0.106 e. The first-order chi connectivity index (χ1) is 8.29. The zero-order chi connectivity index (χ0) is 12.1. The van der Waals surface area contributed by atoms with Gasteiger partial charge < -0.3 is 4.98 Å². The number of hydrogen-bond donors (Lipinski definition) is 1. The molecule has 1 N–H and O–H groups in total. The molecule has 2 nitrogen and oxygen atoms in total. The third kappa shape index (κ3) is 3.34. The Morgan fingerprint density at radius 3 is 2.88 bits per heavy atom. The third-order valence-electron chi connectivity index (χ3n) is 2.78. The van der Waals surface area contributed by atoms with Crippen molar-refractivity contribution in [2.75, 3.05) is 0 Å². The van der Waals surface area contributed by atoms with Crippen LogP contribution in [0.15, 0.2) is 30.5 Å². The number of aromatic amines is 1. The summed E-state index contributed by atoms with van der Waals surface area (Å²) in [5.41, 5.74) is 2.19. The number of halogens is 1. The Balaban J connectivity index is 2.04. The maximum atomic E-state index is 6.13. The number of unbranched alkanes of at least 4 members (excludes halogenated alkanes) is 1. The van der Waals surface area contributed by atoms with Gasteiger partial charge in [-0.05, 0) is 18.1 Å². The van der Waals surface area contributed by atoms with Gasteiger partial charge in [0.1, 0.15) is 5.82 Å². The molecular formula is C14H17ClN2. The van der Waals surface area contributed by atoms with E-state index in [0.717, 1.165) is 34.9 Å². The Morgan fingerprint density at radius 1 is 1.29 bits per heavy atom. The molecule has 1 aromatic carbocycles. The molecule has 1 heterocycles. The fourth-order valence-corrected chi connectivity index (χ4v) is 2.01. The molecule has 2 aromatic rings. The summed E-state index contributed by atoms with van der Waals surface area (Å²) in [5.74, 6) is 1.08. The second-order valence-corrected chi connectivity index (χ2v) is 4.62. The number of aryl methyl sites for hydroxylation is 1. The number of benzene rings is 1. The van der Waals surface area contributed by atoms with Crippen molar-refractivity contribution < 1.29 is 0 Å². The van der Waals surface area contributed by atoms with E-state index in [2.05, 4.69) is 16.9 Å². The van der Waals surface area contributed by atoms with Crippen LogP contribution in [0.2, 0.25) is 5.02 Å². The van der Waals surface area contributed by atoms with Gasteiger partial charge in [0, 0.05) is 24.1 Å². The topological polar surface area (TPSA) is 28.7 Å². The first-order valence-corrected chi connectivity index (χ1v) is 6.44. The lowest BCUT2D eigenvalue weighted by atomic mass is 10.1. The average molecular weight is 249 g/mol. The molecule has 0 unspecified atom stereocenters. The summed E-state index contributed by atoms with van der Waals surface area (Å²) in [6.45, 7) is 2.19. The van der Waals surface area contributed by atoms with Gasteiger partial charge >= 0.3 is 0 Å². The molecule has 0 aliphatic heterocycles. The van der Waals surface area contributed by atoms with Crippen LogP contribution in [-0.2, 0) is 12.8 Å². The minimum atomic E-state index is 0.794. The number of imidazole rings is 1. The van der Waals surface area contributed by atoms with Crippen molar-refractivity contribution in [3.63, 3.8) is 0 Å². The highest BCUT2D eigenvalue weighted by Gasteiger charge is 2.04. The first kappa shape index (κ1) is 12.2. The fraction of sp³-hybridized carbons (Fsp3) is 0.357. The molecule has 0 saturated heterocycles. The molecule has 0 radical (unpaired) electrons. The van der Waals surface area contributed by atoms with Crippen LogP contribution in [-0.4, -0.2) is 9.97 Å². The Kier molecular flexibility index (Phi) is 4.21. The van der Waals surface area contributed by atoms with Crippen molar-refractivity contribution in [1.82, 2.24) is 9.97 Å². The van der Waals surface area contributed by atoms with Crippen LogP contribution in [0.1, 0.15) is 36.8 Å². The molecule has 3 heteroatoms. The zero-order valence-corrected chi connectivity index (χ0v) is 10.8. The van der Waals surface area contributed by atoms with Gasteiger partial charge in [-0.2, -0.15) is 0 Å². The van der Waals surface area contributed by atoms with Gasteiger partial charge in [-0.1, -0.05) is 43.1 Å². The summed E-state index contributed by atoms with van der Waals surface area (Å²) < 4.78 is 0. The summed E-state index contributed by atoms with van der Waals surface area (Å²) >= 11 is 6.13. The molecule has 0 amide bonds. The van der Waals surface area contributed by atoms with E-state index >= 15 is 0 Å². The first-order valence-electron chi connectivity index (χ1n) is 6.06. The van der Waals surface area contributed by atoms with Gasteiger partial charge in [0.05, 0.1) is 5.69 Å². The number of H-pyrrole nitrogens is 1. The van der Waals surface area contributed by atoms with Crippen molar-refractivity contribution in [3.8, 4) is 0 Å². The molecule has 2 rings (SSSR count). The normalized spacial score (nSPS) is 10.7. The molecule has 0 saturated carbocycles. The molecule has 0 spiro atoms. The van der Waals surface area contributed by atoms with Gasteiger partial charge in [0.25, 0.3) is 0 Å². The molecule has 17 heavy (non-hydrogen) atoms. The standard InChI is InChI=1S/C14H17ClN2/c1-2-3-8-14-16-10-12(17-14)9-11-6-4-5-7-13(11)15/h4-7,10H,2-3,8-9H2,1H3,(H,16,17). The van der Waals surface area contributed by atoms with Crippen molar-refractivity contribution in [3.05, 3.63) is 52.6 Å². The Hall–Kier alpha value is -1.28. The summed E-state index contributed by atoms with van der Waals surface area (Å²) in [5, 5.41) is 0.811. The van der Waals surface area contributed by atoms with Crippen molar-refractivity contribution in [2.24, 2.45) is 0 Å². The van der Waals surface area contributed by atoms with E-state index in [1.54, 1.807) is 0 Å². The van der Waals surface area contributed by atoms with E-state index in [4.69, 9.17) is 11.6 Å². The highest BCUT2D eigenvalue weighted by Crippen LogP contribution is 2.18. The van der Waals surface area contributed by atoms with E-state index < -0.39 is 0 Å². The Morgan fingerprint density at radius 2 is 2.12 bits per heavy atom. The summed E-state index contributed by atoms with van der Waals surface area (Å²) in [7, 11) is 0. The second-order valence-electron chi connectivity index (χ2n) is 4.21. The second kappa shape index (κ2) is 5.87. The number of rotatable bonds is 5. The average Bonchev–Trinajstić information content (AvgIpc) is 2.77. The third-order valence-corrected chi connectivity index (χ3v) is 3.15. The summed E-state index contributed by atoms with van der Waals surface area (Å²) in [6.07, 6.45) is 6.18. The van der Waals surface area contributed by atoms with E-state index in [1.165, 1.54) is 12.8 Å². The highest BCUT2D eigenvalue weighted by molar-refractivity contribution is 6.31. The van der Waals surface area contributed by atoms with Crippen LogP contribution in [0.25, 0.3) is 0 Å². The lowest BCUT2D eigenvalue weighted by molar-refractivity contribution is 0.760. The minimum Gasteiger partial charge on any atom is -0.348 e.